The number of amides is 2. The lowest BCUT2D eigenvalue weighted by Gasteiger charge is -2.36. The minimum absolute atomic E-state index is 0.00107. The third-order valence-corrected chi connectivity index (χ3v) is 8.17. The van der Waals surface area contributed by atoms with Gasteiger partial charge in [0.2, 0.25) is 11.8 Å². The largest absolute Gasteiger partial charge is 0.392 e. The molecule has 0 spiro atoms. The molecule has 42 heavy (non-hydrogen) atoms. The van der Waals surface area contributed by atoms with E-state index in [1.165, 1.54) is 0 Å². The molecule has 1 aliphatic rings. The number of hydroxylamine groups is 1. The van der Waals surface area contributed by atoms with Gasteiger partial charge in [0.25, 0.3) is 0 Å². The highest BCUT2D eigenvalue weighted by Gasteiger charge is 2.32. The highest BCUT2D eigenvalue weighted by atomic mass is 32.2. The summed E-state index contributed by atoms with van der Waals surface area (Å²) in [7, 11) is 0. The van der Waals surface area contributed by atoms with Gasteiger partial charge in [-0.25, -0.2) is 10.5 Å². The zero-order valence-electron chi connectivity index (χ0n) is 23.6. The van der Waals surface area contributed by atoms with Crippen molar-refractivity contribution in [1.29, 1.82) is 0 Å². The molecule has 0 unspecified atom stereocenters. The van der Waals surface area contributed by atoms with Crippen LogP contribution in [0.5, 0.6) is 0 Å². The molecule has 2 amide bonds. The van der Waals surface area contributed by atoms with Gasteiger partial charge in [0, 0.05) is 43.3 Å². The molecule has 2 heterocycles. The highest BCUT2D eigenvalue weighted by Crippen LogP contribution is 2.39. The molecule has 1 aliphatic heterocycles. The first-order chi connectivity index (χ1) is 20.5. The minimum atomic E-state index is -0.539. The van der Waals surface area contributed by atoms with E-state index in [2.05, 4.69) is 10.3 Å². The Kier molecular flexibility index (Phi) is 12.8. The molecule has 3 aromatic rings. The maximum atomic E-state index is 12.3. The van der Waals surface area contributed by atoms with E-state index in [0.717, 1.165) is 52.3 Å². The molecule has 1 fully saturated rings. The Bertz CT molecular complexity index is 1240. The molecule has 9 nitrogen and oxygen atoms in total. The summed E-state index contributed by atoms with van der Waals surface area (Å²) < 4.78 is 12.8. The van der Waals surface area contributed by atoms with Crippen molar-refractivity contribution in [3.8, 4) is 0 Å². The number of benzene rings is 2. The first-order valence-electron chi connectivity index (χ1n) is 14.4. The Labute approximate surface area is 251 Å². The van der Waals surface area contributed by atoms with E-state index in [1.54, 1.807) is 23.4 Å². The van der Waals surface area contributed by atoms with E-state index in [0.29, 0.717) is 32.2 Å². The Balaban J connectivity index is 1.30. The molecule has 1 saturated heterocycles. The predicted molar refractivity (Wildman–Crippen MR) is 159 cm³/mol. The zero-order chi connectivity index (χ0) is 29.6. The van der Waals surface area contributed by atoms with E-state index in [9.17, 15) is 14.7 Å². The number of carbonyl (C=O) groups excluding carboxylic acids is 2. The van der Waals surface area contributed by atoms with E-state index >= 15 is 0 Å². The summed E-state index contributed by atoms with van der Waals surface area (Å²) in [5.41, 5.74) is 5.42. The molecule has 0 bridgehead atoms. The SMILES string of the molecule is O=C(CCCCCCC(=O)NCc1ccc([C@@H]2O[C@H](CSc3ccccn3)C[C@H](c3ccc(CO)cc3)O2)cc1)NO. The first kappa shape index (κ1) is 31.7. The molecule has 2 aromatic carbocycles. The van der Waals surface area contributed by atoms with Crippen molar-refractivity contribution >= 4 is 23.6 Å². The van der Waals surface area contributed by atoms with Crippen LogP contribution >= 0.6 is 11.8 Å². The number of ether oxygens (including phenoxy) is 2. The summed E-state index contributed by atoms with van der Waals surface area (Å²) in [5, 5.41) is 21.9. The van der Waals surface area contributed by atoms with Gasteiger partial charge < -0.3 is 19.9 Å². The Morgan fingerprint density at radius 3 is 2.21 bits per heavy atom. The number of hydrogen-bond donors (Lipinski definition) is 4. The maximum Gasteiger partial charge on any atom is 0.243 e. The predicted octanol–water partition coefficient (Wildman–Crippen LogP) is 5.37. The van der Waals surface area contributed by atoms with Gasteiger partial charge in [-0.15, -0.1) is 11.8 Å². The lowest BCUT2D eigenvalue weighted by atomic mass is 10.0. The maximum absolute atomic E-state index is 12.3. The quantitative estimate of drug-likeness (QED) is 0.0801. The number of thioether (sulfide) groups is 1. The summed E-state index contributed by atoms with van der Waals surface area (Å²) in [4.78, 5) is 27.7. The molecule has 1 aromatic heterocycles. The molecule has 0 aliphatic carbocycles. The number of aromatic nitrogens is 1. The van der Waals surface area contributed by atoms with Gasteiger partial charge >= 0.3 is 0 Å². The van der Waals surface area contributed by atoms with E-state index in [1.807, 2.05) is 66.7 Å². The molecular formula is C32H39N3O6S. The molecular weight excluding hydrogens is 554 g/mol. The average molecular weight is 594 g/mol. The van der Waals surface area contributed by atoms with Gasteiger partial charge in [0.05, 0.1) is 23.8 Å². The third-order valence-electron chi connectivity index (χ3n) is 7.09. The number of unbranched alkanes of at least 4 members (excludes halogenated alkanes) is 3. The highest BCUT2D eigenvalue weighted by molar-refractivity contribution is 7.99. The number of nitrogens with zero attached hydrogens (tertiary/aromatic N) is 1. The first-order valence-corrected chi connectivity index (χ1v) is 15.4. The summed E-state index contributed by atoms with van der Waals surface area (Å²) in [6, 6.07) is 21.6. The topological polar surface area (TPSA) is 130 Å². The fourth-order valence-electron chi connectivity index (χ4n) is 4.70. The molecule has 0 radical (unpaired) electrons. The fraction of sp³-hybridized carbons (Fsp3) is 0.406. The number of aliphatic hydroxyl groups excluding tert-OH is 1. The van der Waals surface area contributed by atoms with Crippen LogP contribution in [0.25, 0.3) is 0 Å². The van der Waals surface area contributed by atoms with Crippen LogP contribution in [-0.2, 0) is 32.2 Å². The van der Waals surface area contributed by atoms with Crippen LogP contribution in [0.2, 0.25) is 0 Å². The van der Waals surface area contributed by atoms with Crippen LogP contribution in [0.4, 0.5) is 0 Å². The molecule has 10 heteroatoms. The molecule has 4 N–H and O–H groups in total. The monoisotopic (exact) mass is 593 g/mol. The second kappa shape index (κ2) is 17.0. The van der Waals surface area contributed by atoms with Gasteiger partial charge in [0.1, 0.15) is 0 Å². The summed E-state index contributed by atoms with van der Waals surface area (Å²) >= 11 is 1.66. The van der Waals surface area contributed by atoms with Crippen molar-refractivity contribution in [1.82, 2.24) is 15.8 Å². The number of carbonyl (C=O) groups is 2. The summed E-state index contributed by atoms with van der Waals surface area (Å²) in [5.74, 6) is 0.354. The Morgan fingerprint density at radius 1 is 0.857 bits per heavy atom. The van der Waals surface area contributed by atoms with Crippen LogP contribution in [0.3, 0.4) is 0 Å². The zero-order valence-corrected chi connectivity index (χ0v) is 24.4. The fourth-order valence-corrected chi connectivity index (χ4v) is 5.58. The van der Waals surface area contributed by atoms with Gasteiger partial charge in [0.15, 0.2) is 6.29 Å². The van der Waals surface area contributed by atoms with Crippen molar-refractivity contribution in [2.45, 2.75) is 81.6 Å². The van der Waals surface area contributed by atoms with Gasteiger partial charge in [-0.1, -0.05) is 67.4 Å². The molecule has 224 valence electrons. The van der Waals surface area contributed by atoms with Crippen molar-refractivity contribution in [3.05, 3.63) is 95.2 Å². The van der Waals surface area contributed by atoms with Crippen molar-refractivity contribution in [2.75, 3.05) is 5.75 Å². The smallest absolute Gasteiger partial charge is 0.243 e. The molecule has 0 saturated carbocycles. The summed E-state index contributed by atoms with van der Waals surface area (Å²) in [6.07, 6.45) is 5.61. The number of hydrogen-bond acceptors (Lipinski definition) is 8. The van der Waals surface area contributed by atoms with Crippen molar-refractivity contribution < 1.29 is 29.4 Å². The Morgan fingerprint density at radius 2 is 1.55 bits per heavy atom. The van der Waals surface area contributed by atoms with E-state index < -0.39 is 6.29 Å². The van der Waals surface area contributed by atoms with Crippen molar-refractivity contribution in [3.63, 3.8) is 0 Å². The van der Waals surface area contributed by atoms with Crippen LogP contribution < -0.4 is 10.8 Å². The van der Waals surface area contributed by atoms with E-state index in [4.69, 9.17) is 14.7 Å². The number of rotatable bonds is 15. The van der Waals surface area contributed by atoms with Crippen LogP contribution in [0.15, 0.2) is 78.0 Å². The third kappa shape index (κ3) is 10.2. The number of pyridine rings is 1. The number of aliphatic hydroxyl groups is 1. The minimum Gasteiger partial charge on any atom is -0.392 e. The van der Waals surface area contributed by atoms with Gasteiger partial charge in [-0.3, -0.25) is 14.8 Å². The summed E-state index contributed by atoms with van der Waals surface area (Å²) in [6.45, 7) is 0.437. The standard InChI is InChI=1S/C32H39N3O6S/c36-21-24-12-14-25(15-13-24)28-19-27(22-42-31-9-5-6-18-33-31)40-32(41-28)26-16-10-23(11-17-26)20-34-29(37)7-3-1-2-4-8-30(38)35-39/h5-6,9-18,27-28,32,36,39H,1-4,7-8,19-22H2,(H,34,37)(H,35,38)/t27-,28+,32+/m0/s1. The number of nitrogens with one attached hydrogen (secondary N) is 2. The normalized spacial score (nSPS) is 18.4. The lowest BCUT2D eigenvalue weighted by molar-refractivity contribution is -0.245. The lowest BCUT2D eigenvalue weighted by Crippen LogP contribution is -2.31. The van der Waals surface area contributed by atoms with Crippen LogP contribution in [-0.4, -0.2) is 39.0 Å². The van der Waals surface area contributed by atoms with E-state index in [-0.39, 0.29) is 30.6 Å². The Hall–Kier alpha value is -3.28. The van der Waals surface area contributed by atoms with Crippen LogP contribution in [0.1, 0.15) is 79.6 Å². The van der Waals surface area contributed by atoms with Crippen molar-refractivity contribution in [2.24, 2.45) is 0 Å². The van der Waals surface area contributed by atoms with Gasteiger partial charge in [-0.05, 0) is 41.7 Å². The second-order valence-corrected chi connectivity index (χ2v) is 11.3. The molecule has 4 rings (SSSR count). The second-order valence-electron chi connectivity index (χ2n) is 10.3. The van der Waals surface area contributed by atoms with Gasteiger partial charge in [-0.2, -0.15) is 0 Å². The van der Waals surface area contributed by atoms with Crippen LogP contribution in [0, 0.1) is 0 Å². The average Bonchev–Trinajstić information content (AvgIpc) is 3.04. The molecule has 3 atom stereocenters.